The average Bonchev–Trinajstić information content (AvgIpc) is 2.75. The molecular formula is C16H22N2O4S. The Morgan fingerprint density at radius 2 is 1.61 bits per heavy atom. The van der Waals surface area contributed by atoms with Crippen molar-refractivity contribution in [1.29, 1.82) is 0 Å². The maximum atomic E-state index is 12.5. The van der Waals surface area contributed by atoms with Crippen molar-refractivity contribution in [3.05, 3.63) is 24.3 Å². The average molecular weight is 338 g/mol. The lowest BCUT2D eigenvalue weighted by molar-refractivity contribution is -0.123. The van der Waals surface area contributed by atoms with Gasteiger partial charge in [0, 0.05) is 18.8 Å². The minimum Gasteiger partial charge on any atom is -0.391 e. The Kier molecular flexibility index (Phi) is 4.59. The minimum atomic E-state index is -3.87. The summed E-state index contributed by atoms with van der Waals surface area (Å²) in [5.41, 5.74) is 1.01. The zero-order valence-electron chi connectivity index (χ0n) is 13.0. The molecule has 0 aliphatic carbocycles. The number of aliphatic hydroxyl groups is 1. The molecule has 0 radical (unpaired) electrons. The van der Waals surface area contributed by atoms with E-state index >= 15 is 0 Å². The first-order valence-electron chi connectivity index (χ1n) is 8.07. The molecule has 7 heteroatoms. The van der Waals surface area contributed by atoms with Crippen LogP contribution in [-0.4, -0.2) is 49.5 Å². The second-order valence-electron chi connectivity index (χ2n) is 6.18. The molecule has 2 fully saturated rings. The van der Waals surface area contributed by atoms with E-state index in [9.17, 15) is 18.3 Å². The number of anilines is 1. The Morgan fingerprint density at radius 1 is 1.00 bits per heavy atom. The molecule has 126 valence electrons. The van der Waals surface area contributed by atoms with Gasteiger partial charge in [-0.25, -0.2) is 12.7 Å². The lowest BCUT2D eigenvalue weighted by Gasteiger charge is -2.23. The summed E-state index contributed by atoms with van der Waals surface area (Å²) in [5.74, 6) is -0.547. The van der Waals surface area contributed by atoms with E-state index in [0.29, 0.717) is 0 Å². The van der Waals surface area contributed by atoms with E-state index in [1.807, 2.05) is 0 Å². The summed E-state index contributed by atoms with van der Waals surface area (Å²) in [5, 5.41) is 9.49. The number of hydrogen-bond donors (Lipinski definition) is 1. The molecule has 2 aliphatic heterocycles. The van der Waals surface area contributed by atoms with Crippen LogP contribution >= 0.6 is 0 Å². The van der Waals surface area contributed by atoms with Crippen molar-refractivity contribution in [2.45, 2.75) is 43.1 Å². The molecule has 6 nitrogen and oxygen atoms in total. The highest BCUT2D eigenvalue weighted by atomic mass is 32.2. The largest absolute Gasteiger partial charge is 0.391 e. The van der Waals surface area contributed by atoms with Gasteiger partial charge in [0.05, 0.1) is 24.0 Å². The van der Waals surface area contributed by atoms with E-state index in [2.05, 4.69) is 4.90 Å². The summed E-state index contributed by atoms with van der Waals surface area (Å²) in [6.45, 7) is 1.82. The Bertz CT molecular complexity index is 664. The molecule has 2 aliphatic rings. The molecule has 0 bridgehead atoms. The first-order valence-corrected chi connectivity index (χ1v) is 9.51. The van der Waals surface area contributed by atoms with Gasteiger partial charge >= 0.3 is 0 Å². The van der Waals surface area contributed by atoms with Crippen LogP contribution in [0.2, 0.25) is 0 Å². The quantitative estimate of drug-likeness (QED) is 0.900. The van der Waals surface area contributed by atoms with Crippen molar-refractivity contribution >= 4 is 21.6 Å². The Morgan fingerprint density at radius 3 is 2.13 bits per heavy atom. The number of carbonyl (C=O) groups excluding carboxylic acids is 1. The molecule has 0 spiro atoms. The van der Waals surface area contributed by atoms with Crippen molar-refractivity contribution in [3.8, 4) is 0 Å². The molecule has 23 heavy (non-hydrogen) atoms. The van der Waals surface area contributed by atoms with Crippen LogP contribution in [0.15, 0.2) is 29.2 Å². The summed E-state index contributed by atoms with van der Waals surface area (Å²) in [6.07, 6.45) is 3.74. The number of β-amino-alcohol motifs (C(OH)–C–C–N with tert-alkyl or cyclic N) is 1. The van der Waals surface area contributed by atoms with Gasteiger partial charge in [-0.05, 0) is 37.1 Å². The molecule has 2 saturated heterocycles. The molecule has 1 unspecified atom stereocenters. The second-order valence-corrected chi connectivity index (χ2v) is 8.05. The van der Waals surface area contributed by atoms with Crippen molar-refractivity contribution < 1.29 is 18.3 Å². The molecule has 1 aromatic rings. The van der Waals surface area contributed by atoms with E-state index in [1.165, 1.54) is 12.8 Å². The fraction of sp³-hybridized carbons (Fsp3) is 0.562. The van der Waals surface area contributed by atoms with Crippen LogP contribution in [0.4, 0.5) is 5.69 Å². The Labute approximate surface area is 136 Å². The van der Waals surface area contributed by atoms with Crippen LogP contribution in [0.1, 0.15) is 32.1 Å². The number of aliphatic hydroxyl groups excluding tert-OH is 1. The van der Waals surface area contributed by atoms with E-state index in [1.54, 1.807) is 24.3 Å². The third-order valence-electron chi connectivity index (χ3n) is 4.46. The van der Waals surface area contributed by atoms with E-state index in [-0.39, 0.29) is 17.9 Å². The van der Waals surface area contributed by atoms with Crippen LogP contribution < -0.4 is 4.90 Å². The third-order valence-corrected chi connectivity index (χ3v) is 6.26. The van der Waals surface area contributed by atoms with Gasteiger partial charge in [0.1, 0.15) is 0 Å². The summed E-state index contributed by atoms with van der Waals surface area (Å²) in [6, 6.07) is 6.70. The van der Waals surface area contributed by atoms with Gasteiger partial charge in [-0.3, -0.25) is 4.79 Å². The van der Waals surface area contributed by atoms with E-state index in [0.717, 1.165) is 35.9 Å². The molecule has 1 aromatic carbocycles. The summed E-state index contributed by atoms with van der Waals surface area (Å²) in [4.78, 5) is 14.1. The first kappa shape index (κ1) is 16.3. The van der Waals surface area contributed by atoms with Crippen molar-refractivity contribution in [1.82, 2.24) is 4.31 Å². The predicted octanol–water partition coefficient (Wildman–Crippen LogP) is 1.35. The molecule has 0 saturated carbocycles. The van der Waals surface area contributed by atoms with E-state index < -0.39 is 22.0 Å². The molecular weight excluding hydrogens is 316 g/mol. The van der Waals surface area contributed by atoms with Gasteiger partial charge in [-0.1, -0.05) is 12.8 Å². The van der Waals surface area contributed by atoms with Gasteiger partial charge in [0.2, 0.25) is 5.91 Å². The molecule has 1 amide bonds. The lowest BCUT2D eigenvalue weighted by Crippen LogP contribution is -2.33. The monoisotopic (exact) mass is 338 g/mol. The highest BCUT2D eigenvalue weighted by Crippen LogP contribution is 2.25. The number of carbonyl (C=O) groups is 1. The van der Waals surface area contributed by atoms with Gasteiger partial charge in [-0.2, -0.15) is 0 Å². The number of hydrogen-bond acceptors (Lipinski definition) is 5. The molecule has 1 atom stereocenters. The number of amides is 1. The molecule has 2 heterocycles. The molecule has 1 N–H and O–H groups in total. The van der Waals surface area contributed by atoms with Crippen molar-refractivity contribution in [3.63, 3.8) is 0 Å². The smallest absolute Gasteiger partial charge is 0.266 e. The maximum absolute atomic E-state index is 12.5. The fourth-order valence-electron chi connectivity index (χ4n) is 3.18. The second kappa shape index (κ2) is 6.49. The number of nitrogens with zero attached hydrogens (tertiary/aromatic N) is 2. The number of benzene rings is 1. The van der Waals surface area contributed by atoms with Gasteiger partial charge in [-0.15, -0.1) is 0 Å². The van der Waals surface area contributed by atoms with Gasteiger partial charge in [0.15, 0.2) is 0 Å². The van der Waals surface area contributed by atoms with Crippen LogP contribution in [0.3, 0.4) is 0 Å². The van der Waals surface area contributed by atoms with Crippen LogP contribution in [0, 0.1) is 0 Å². The third kappa shape index (κ3) is 3.35. The summed E-state index contributed by atoms with van der Waals surface area (Å²) >= 11 is 0. The SMILES string of the molecule is O=C1CC(O)CN1S(=O)(=O)c1ccc(N2CCCCCC2)cc1. The highest BCUT2D eigenvalue weighted by molar-refractivity contribution is 7.89. The Balaban J connectivity index is 1.80. The summed E-state index contributed by atoms with van der Waals surface area (Å²) in [7, 11) is -3.87. The minimum absolute atomic E-state index is 0.0959. The maximum Gasteiger partial charge on any atom is 0.266 e. The van der Waals surface area contributed by atoms with Crippen molar-refractivity contribution in [2.75, 3.05) is 24.5 Å². The zero-order chi connectivity index (χ0) is 16.4. The number of rotatable bonds is 3. The topological polar surface area (TPSA) is 77.9 Å². The normalized spacial score (nSPS) is 23.2. The lowest BCUT2D eigenvalue weighted by atomic mass is 10.2. The van der Waals surface area contributed by atoms with Crippen LogP contribution in [-0.2, 0) is 14.8 Å². The van der Waals surface area contributed by atoms with Crippen molar-refractivity contribution in [2.24, 2.45) is 0 Å². The van der Waals surface area contributed by atoms with Crippen LogP contribution in [0.25, 0.3) is 0 Å². The molecule has 0 aromatic heterocycles. The zero-order valence-corrected chi connectivity index (χ0v) is 13.8. The first-order chi connectivity index (χ1) is 11.0. The van der Waals surface area contributed by atoms with E-state index in [4.69, 9.17) is 0 Å². The highest BCUT2D eigenvalue weighted by Gasteiger charge is 2.37. The Hall–Kier alpha value is -1.60. The standard InChI is InChI=1S/C16H22N2O4S/c19-14-11-16(20)18(12-14)23(21,22)15-7-5-13(6-8-15)17-9-3-1-2-4-10-17/h5-8,14,19H,1-4,9-12H2. The number of sulfonamides is 1. The van der Waals surface area contributed by atoms with Gasteiger partial charge in [0.25, 0.3) is 10.0 Å². The fourth-order valence-corrected chi connectivity index (χ4v) is 4.62. The van der Waals surface area contributed by atoms with Gasteiger partial charge < -0.3 is 10.0 Å². The summed E-state index contributed by atoms with van der Waals surface area (Å²) < 4.78 is 25.8. The predicted molar refractivity (Wildman–Crippen MR) is 86.6 cm³/mol. The van der Waals surface area contributed by atoms with Crippen LogP contribution in [0.5, 0.6) is 0 Å². The molecule has 3 rings (SSSR count).